The Balaban J connectivity index is 2.30. The number of halogens is 2. The topological polar surface area (TPSA) is 52.9 Å². The highest BCUT2D eigenvalue weighted by Gasteiger charge is 2.42. The van der Waals surface area contributed by atoms with Gasteiger partial charge in [-0.15, -0.1) is 0 Å². The zero-order valence-electron chi connectivity index (χ0n) is 10.6. The molecule has 0 saturated heterocycles. The fourth-order valence-electron chi connectivity index (χ4n) is 2.37. The zero-order chi connectivity index (χ0) is 14.0. The van der Waals surface area contributed by atoms with Gasteiger partial charge in [-0.1, -0.05) is 18.9 Å². The third kappa shape index (κ3) is 2.30. The Morgan fingerprint density at radius 1 is 1.37 bits per heavy atom. The largest absolute Gasteiger partial charge is 0.320 e. The van der Waals surface area contributed by atoms with Crippen molar-refractivity contribution in [3.05, 3.63) is 29.3 Å². The highest BCUT2D eigenvalue weighted by Crippen LogP contribution is 2.38. The first-order chi connectivity index (χ1) is 9.00. The number of carbonyl (C=O) groups excluding carboxylic acids is 1. The molecule has 0 aliphatic heterocycles. The highest BCUT2D eigenvalue weighted by atomic mass is 19.1. The number of amides is 1. The second-order valence-corrected chi connectivity index (χ2v) is 4.91. The van der Waals surface area contributed by atoms with Crippen LogP contribution in [0.1, 0.15) is 31.2 Å². The quantitative estimate of drug-likeness (QED) is 0.891. The summed E-state index contributed by atoms with van der Waals surface area (Å²) < 4.78 is 27.4. The van der Waals surface area contributed by atoms with E-state index in [-0.39, 0.29) is 5.56 Å². The van der Waals surface area contributed by atoms with Crippen molar-refractivity contribution >= 4 is 11.6 Å². The van der Waals surface area contributed by atoms with Crippen LogP contribution in [-0.4, -0.2) is 5.91 Å². The first-order valence-electron chi connectivity index (χ1n) is 6.17. The molecule has 19 heavy (non-hydrogen) atoms. The van der Waals surface area contributed by atoms with Gasteiger partial charge >= 0.3 is 0 Å². The lowest BCUT2D eigenvalue weighted by Crippen LogP contribution is -2.33. The van der Waals surface area contributed by atoms with E-state index in [9.17, 15) is 13.6 Å². The molecule has 0 atom stereocenters. The van der Waals surface area contributed by atoms with Gasteiger partial charge in [-0.3, -0.25) is 4.79 Å². The Bertz CT molecular complexity index is 557. The van der Waals surface area contributed by atoms with Crippen molar-refractivity contribution in [2.45, 2.75) is 32.6 Å². The molecule has 0 radical (unpaired) electrons. The van der Waals surface area contributed by atoms with Gasteiger partial charge in [0.15, 0.2) is 5.82 Å². The Labute approximate surface area is 110 Å². The smallest absolute Gasteiger partial charge is 0.245 e. The van der Waals surface area contributed by atoms with E-state index in [4.69, 9.17) is 5.26 Å². The van der Waals surface area contributed by atoms with Gasteiger partial charge in [-0.2, -0.15) is 5.26 Å². The Morgan fingerprint density at radius 3 is 2.58 bits per heavy atom. The van der Waals surface area contributed by atoms with Crippen molar-refractivity contribution in [2.75, 3.05) is 5.32 Å². The maximum absolute atomic E-state index is 13.8. The number of aryl methyl sites for hydroxylation is 1. The van der Waals surface area contributed by atoms with Crippen molar-refractivity contribution in [3.63, 3.8) is 0 Å². The molecule has 2 rings (SSSR count). The average molecular weight is 264 g/mol. The molecule has 0 spiro atoms. The molecule has 5 heteroatoms. The van der Waals surface area contributed by atoms with Crippen LogP contribution in [0.3, 0.4) is 0 Å². The van der Waals surface area contributed by atoms with Crippen LogP contribution in [-0.2, 0) is 4.79 Å². The molecule has 1 aromatic carbocycles. The van der Waals surface area contributed by atoms with Gasteiger partial charge in [-0.25, -0.2) is 8.78 Å². The number of nitrogens with zero attached hydrogens (tertiary/aromatic N) is 1. The van der Waals surface area contributed by atoms with Gasteiger partial charge in [0.2, 0.25) is 5.91 Å². The lowest BCUT2D eigenvalue weighted by atomic mass is 9.87. The summed E-state index contributed by atoms with van der Waals surface area (Å²) in [5.41, 5.74) is -1.37. The molecule has 1 aliphatic carbocycles. The van der Waals surface area contributed by atoms with Crippen LogP contribution in [0.5, 0.6) is 0 Å². The second-order valence-electron chi connectivity index (χ2n) is 4.91. The van der Waals surface area contributed by atoms with E-state index >= 15 is 0 Å². The maximum Gasteiger partial charge on any atom is 0.245 e. The fourth-order valence-corrected chi connectivity index (χ4v) is 2.37. The number of hydrogen-bond donors (Lipinski definition) is 1. The summed E-state index contributed by atoms with van der Waals surface area (Å²) >= 11 is 0. The third-order valence-electron chi connectivity index (χ3n) is 3.63. The number of carbonyl (C=O) groups is 1. The summed E-state index contributed by atoms with van der Waals surface area (Å²) in [4.78, 5) is 12.1. The minimum Gasteiger partial charge on any atom is -0.320 e. The number of rotatable bonds is 2. The van der Waals surface area contributed by atoms with Crippen molar-refractivity contribution in [3.8, 4) is 6.07 Å². The van der Waals surface area contributed by atoms with E-state index in [0.717, 1.165) is 18.9 Å². The van der Waals surface area contributed by atoms with E-state index in [1.165, 1.54) is 13.0 Å². The van der Waals surface area contributed by atoms with Crippen molar-refractivity contribution in [1.82, 2.24) is 0 Å². The predicted octanol–water partition coefficient (Wildman–Crippen LogP) is 3.30. The van der Waals surface area contributed by atoms with Crippen LogP contribution >= 0.6 is 0 Å². The van der Waals surface area contributed by atoms with Gasteiger partial charge in [0.25, 0.3) is 0 Å². The van der Waals surface area contributed by atoms with Gasteiger partial charge < -0.3 is 5.32 Å². The van der Waals surface area contributed by atoms with Crippen LogP contribution in [0.4, 0.5) is 14.5 Å². The minimum atomic E-state index is -1.15. The molecular formula is C14H14F2N2O. The molecule has 1 N–H and O–H groups in total. The SMILES string of the molecule is Cc1ccc(F)c(NC(=O)C2(C#N)CCCC2)c1F. The van der Waals surface area contributed by atoms with Gasteiger partial charge in [-0.05, 0) is 31.4 Å². The van der Waals surface area contributed by atoms with Crippen LogP contribution in [0.2, 0.25) is 0 Å². The molecule has 0 heterocycles. The van der Waals surface area contributed by atoms with Gasteiger partial charge in [0.05, 0.1) is 6.07 Å². The fraction of sp³-hybridized carbons (Fsp3) is 0.429. The van der Waals surface area contributed by atoms with E-state index < -0.39 is 28.6 Å². The maximum atomic E-state index is 13.8. The van der Waals surface area contributed by atoms with Crippen molar-refractivity contribution in [1.29, 1.82) is 5.26 Å². The lowest BCUT2D eigenvalue weighted by Gasteiger charge is -2.20. The standard InChI is InChI=1S/C14H14F2N2O/c1-9-4-5-10(15)12(11(9)16)18-13(19)14(8-17)6-2-3-7-14/h4-5H,2-3,6-7H2,1H3,(H,18,19). The van der Waals surface area contributed by atoms with Crippen LogP contribution < -0.4 is 5.32 Å². The summed E-state index contributed by atoms with van der Waals surface area (Å²) in [6, 6.07) is 4.39. The molecule has 100 valence electrons. The monoisotopic (exact) mass is 264 g/mol. The van der Waals surface area contributed by atoms with Crippen LogP contribution in [0, 0.1) is 35.3 Å². The first-order valence-corrected chi connectivity index (χ1v) is 6.17. The normalized spacial score (nSPS) is 16.9. The molecule has 0 bridgehead atoms. The Kier molecular flexibility index (Phi) is 3.52. The molecule has 1 aromatic rings. The first kappa shape index (κ1) is 13.5. The summed E-state index contributed by atoms with van der Waals surface area (Å²) in [6.45, 7) is 1.49. The summed E-state index contributed by atoms with van der Waals surface area (Å²) in [6.07, 6.45) is 2.42. The van der Waals surface area contributed by atoms with E-state index in [1.807, 2.05) is 6.07 Å². The molecular weight excluding hydrogens is 250 g/mol. The molecule has 1 saturated carbocycles. The van der Waals surface area contributed by atoms with E-state index in [1.54, 1.807) is 0 Å². The number of anilines is 1. The third-order valence-corrected chi connectivity index (χ3v) is 3.63. The lowest BCUT2D eigenvalue weighted by molar-refractivity contribution is -0.122. The van der Waals surface area contributed by atoms with Crippen LogP contribution in [0.15, 0.2) is 12.1 Å². The summed E-state index contributed by atoms with van der Waals surface area (Å²) in [7, 11) is 0. The molecule has 3 nitrogen and oxygen atoms in total. The van der Waals surface area contributed by atoms with Crippen LogP contribution in [0.25, 0.3) is 0 Å². The predicted molar refractivity (Wildman–Crippen MR) is 66.2 cm³/mol. The Morgan fingerprint density at radius 2 is 2.00 bits per heavy atom. The highest BCUT2D eigenvalue weighted by molar-refractivity contribution is 5.97. The molecule has 0 aromatic heterocycles. The van der Waals surface area contributed by atoms with Crippen molar-refractivity contribution < 1.29 is 13.6 Å². The number of nitrogens with one attached hydrogen (secondary N) is 1. The molecule has 1 amide bonds. The average Bonchev–Trinajstić information content (AvgIpc) is 2.89. The number of benzene rings is 1. The van der Waals surface area contributed by atoms with Gasteiger partial charge in [0.1, 0.15) is 16.9 Å². The minimum absolute atomic E-state index is 0.245. The van der Waals surface area contributed by atoms with Crippen molar-refractivity contribution in [2.24, 2.45) is 5.41 Å². The van der Waals surface area contributed by atoms with Gasteiger partial charge in [0, 0.05) is 0 Å². The molecule has 0 unspecified atom stereocenters. The number of hydrogen-bond acceptors (Lipinski definition) is 2. The molecule has 1 aliphatic rings. The Hall–Kier alpha value is -1.96. The molecule has 1 fully saturated rings. The number of nitriles is 1. The zero-order valence-corrected chi connectivity index (χ0v) is 10.6. The summed E-state index contributed by atoms with van der Waals surface area (Å²) in [5, 5.41) is 11.4. The summed E-state index contributed by atoms with van der Waals surface area (Å²) in [5.74, 6) is -2.24. The van der Waals surface area contributed by atoms with E-state index in [2.05, 4.69) is 5.32 Å². The second kappa shape index (κ2) is 4.96. The van der Waals surface area contributed by atoms with E-state index in [0.29, 0.717) is 12.8 Å².